The highest BCUT2D eigenvalue weighted by Gasteiger charge is 2.25. The lowest BCUT2D eigenvalue weighted by atomic mass is 9.82. The van der Waals surface area contributed by atoms with E-state index in [2.05, 4.69) is 17.2 Å². The standard InChI is InChI=1S/C11H15N3S/c1-7-4-8(5-7)14-10-6-13-3-2-9(10)11(12)15/h2-3,6-8,14H,4-5H2,1H3,(H2,12,15). The molecule has 1 saturated carbocycles. The summed E-state index contributed by atoms with van der Waals surface area (Å²) >= 11 is 4.99. The molecule has 0 spiro atoms. The van der Waals surface area contributed by atoms with Crippen molar-refractivity contribution in [2.75, 3.05) is 5.32 Å². The Balaban J connectivity index is 2.10. The molecule has 80 valence electrons. The van der Waals surface area contributed by atoms with Gasteiger partial charge in [0.15, 0.2) is 0 Å². The third-order valence-corrected chi connectivity index (χ3v) is 3.04. The molecule has 3 nitrogen and oxygen atoms in total. The Morgan fingerprint density at radius 2 is 2.33 bits per heavy atom. The van der Waals surface area contributed by atoms with Gasteiger partial charge in [-0.15, -0.1) is 0 Å². The van der Waals surface area contributed by atoms with Crippen LogP contribution >= 0.6 is 12.2 Å². The molecule has 1 fully saturated rings. The maximum absolute atomic E-state index is 5.64. The molecule has 0 aliphatic heterocycles. The number of rotatable bonds is 3. The fourth-order valence-corrected chi connectivity index (χ4v) is 2.14. The zero-order valence-corrected chi connectivity index (χ0v) is 9.55. The molecule has 0 bridgehead atoms. The van der Waals surface area contributed by atoms with Crippen molar-refractivity contribution < 1.29 is 0 Å². The second-order valence-electron chi connectivity index (χ2n) is 4.20. The number of nitrogens with zero attached hydrogens (tertiary/aromatic N) is 1. The Labute approximate surface area is 95.1 Å². The van der Waals surface area contributed by atoms with E-state index >= 15 is 0 Å². The number of pyridine rings is 1. The van der Waals surface area contributed by atoms with Crippen molar-refractivity contribution in [3.63, 3.8) is 0 Å². The zero-order chi connectivity index (χ0) is 10.8. The van der Waals surface area contributed by atoms with Gasteiger partial charge in [0.25, 0.3) is 0 Å². The fraction of sp³-hybridized carbons (Fsp3) is 0.455. The van der Waals surface area contributed by atoms with Crippen LogP contribution in [-0.2, 0) is 0 Å². The fourth-order valence-electron chi connectivity index (χ4n) is 1.96. The summed E-state index contributed by atoms with van der Waals surface area (Å²) < 4.78 is 0. The minimum Gasteiger partial charge on any atom is -0.389 e. The van der Waals surface area contributed by atoms with Gasteiger partial charge in [0.1, 0.15) is 4.99 Å². The topological polar surface area (TPSA) is 50.9 Å². The number of hydrogen-bond donors (Lipinski definition) is 2. The van der Waals surface area contributed by atoms with E-state index in [0.717, 1.165) is 17.2 Å². The van der Waals surface area contributed by atoms with Crippen molar-refractivity contribution in [1.82, 2.24) is 4.98 Å². The Hall–Kier alpha value is -1.16. The first-order chi connectivity index (χ1) is 7.16. The minimum atomic E-state index is 0.423. The summed E-state index contributed by atoms with van der Waals surface area (Å²) in [6.07, 6.45) is 5.93. The molecule has 0 radical (unpaired) electrons. The number of thiocarbonyl (C=S) groups is 1. The molecule has 0 saturated heterocycles. The van der Waals surface area contributed by atoms with Gasteiger partial charge in [-0.25, -0.2) is 0 Å². The summed E-state index contributed by atoms with van der Waals surface area (Å²) in [6.45, 7) is 2.26. The first-order valence-electron chi connectivity index (χ1n) is 5.17. The molecular weight excluding hydrogens is 206 g/mol. The van der Waals surface area contributed by atoms with E-state index in [0.29, 0.717) is 11.0 Å². The van der Waals surface area contributed by atoms with Crippen molar-refractivity contribution in [1.29, 1.82) is 0 Å². The monoisotopic (exact) mass is 221 g/mol. The molecule has 3 N–H and O–H groups in total. The maximum atomic E-state index is 5.64. The quantitative estimate of drug-likeness (QED) is 0.766. The van der Waals surface area contributed by atoms with Gasteiger partial charge in [-0.3, -0.25) is 4.98 Å². The number of nitrogens with two attached hydrogens (primary N) is 1. The molecule has 0 unspecified atom stereocenters. The van der Waals surface area contributed by atoms with Crippen molar-refractivity contribution in [2.24, 2.45) is 11.7 Å². The lowest BCUT2D eigenvalue weighted by molar-refractivity contribution is 0.309. The van der Waals surface area contributed by atoms with Gasteiger partial charge in [-0.2, -0.15) is 0 Å². The predicted molar refractivity (Wildman–Crippen MR) is 65.9 cm³/mol. The van der Waals surface area contributed by atoms with E-state index in [1.54, 1.807) is 12.4 Å². The maximum Gasteiger partial charge on any atom is 0.106 e. The Kier molecular flexibility index (Phi) is 2.86. The Morgan fingerprint density at radius 1 is 1.60 bits per heavy atom. The van der Waals surface area contributed by atoms with Crippen molar-refractivity contribution >= 4 is 22.9 Å². The van der Waals surface area contributed by atoms with E-state index in [1.807, 2.05) is 6.07 Å². The number of anilines is 1. The second-order valence-corrected chi connectivity index (χ2v) is 4.64. The molecular formula is C11H15N3S. The minimum absolute atomic E-state index is 0.423. The number of nitrogens with one attached hydrogen (secondary N) is 1. The second kappa shape index (κ2) is 4.14. The molecule has 1 aliphatic rings. The molecule has 2 rings (SSSR count). The van der Waals surface area contributed by atoms with Crippen LogP contribution < -0.4 is 11.1 Å². The average Bonchev–Trinajstić information content (AvgIpc) is 2.16. The molecule has 4 heteroatoms. The molecule has 1 aromatic rings. The normalized spacial score (nSPS) is 24.3. The summed E-state index contributed by atoms with van der Waals surface area (Å²) in [5.74, 6) is 0.826. The van der Waals surface area contributed by atoms with E-state index < -0.39 is 0 Å². The molecule has 1 aromatic heterocycles. The molecule has 0 aromatic carbocycles. The SMILES string of the molecule is CC1CC(Nc2cnccc2C(N)=S)C1. The van der Waals surface area contributed by atoms with Crippen LogP contribution in [0.25, 0.3) is 0 Å². The van der Waals surface area contributed by atoms with Gasteiger partial charge in [-0.05, 0) is 24.8 Å². The van der Waals surface area contributed by atoms with E-state index in [9.17, 15) is 0 Å². The van der Waals surface area contributed by atoms with Crippen molar-refractivity contribution in [2.45, 2.75) is 25.8 Å². The van der Waals surface area contributed by atoms with Gasteiger partial charge in [0, 0.05) is 17.8 Å². The molecule has 1 heterocycles. The highest BCUT2D eigenvalue weighted by molar-refractivity contribution is 7.80. The molecule has 1 aliphatic carbocycles. The van der Waals surface area contributed by atoms with Crippen molar-refractivity contribution in [3.05, 3.63) is 24.0 Å². The first-order valence-corrected chi connectivity index (χ1v) is 5.58. The number of hydrogen-bond acceptors (Lipinski definition) is 3. The summed E-state index contributed by atoms with van der Waals surface area (Å²) in [4.78, 5) is 4.50. The van der Waals surface area contributed by atoms with Crippen molar-refractivity contribution in [3.8, 4) is 0 Å². The van der Waals surface area contributed by atoms with Gasteiger partial charge < -0.3 is 11.1 Å². The van der Waals surface area contributed by atoms with Crippen LogP contribution in [0.5, 0.6) is 0 Å². The predicted octanol–water partition coefficient (Wildman–Crippen LogP) is 1.93. The van der Waals surface area contributed by atoms with E-state index in [4.69, 9.17) is 18.0 Å². The molecule has 0 atom stereocenters. The third-order valence-electron chi connectivity index (χ3n) is 2.82. The van der Waals surface area contributed by atoms with Crippen LogP contribution in [0.1, 0.15) is 25.3 Å². The zero-order valence-electron chi connectivity index (χ0n) is 8.73. The lowest BCUT2D eigenvalue weighted by Gasteiger charge is -2.34. The van der Waals surface area contributed by atoms with Crippen LogP contribution in [0.3, 0.4) is 0 Å². The van der Waals surface area contributed by atoms with Crippen LogP contribution in [0.15, 0.2) is 18.5 Å². The highest BCUT2D eigenvalue weighted by atomic mass is 32.1. The summed E-state index contributed by atoms with van der Waals surface area (Å²) in [5.41, 5.74) is 7.49. The summed E-state index contributed by atoms with van der Waals surface area (Å²) in [6, 6.07) is 2.41. The van der Waals surface area contributed by atoms with Gasteiger partial charge in [-0.1, -0.05) is 19.1 Å². The Morgan fingerprint density at radius 3 is 2.93 bits per heavy atom. The average molecular weight is 221 g/mol. The van der Waals surface area contributed by atoms with Crippen LogP contribution in [0.4, 0.5) is 5.69 Å². The highest BCUT2D eigenvalue weighted by Crippen LogP contribution is 2.30. The smallest absolute Gasteiger partial charge is 0.106 e. The van der Waals surface area contributed by atoms with Crippen LogP contribution in [-0.4, -0.2) is 16.0 Å². The first kappa shape index (κ1) is 10.4. The summed E-state index contributed by atoms with van der Waals surface area (Å²) in [7, 11) is 0. The van der Waals surface area contributed by atoms with Crippen LogP contribution in [0.2, 0.25) is 0 Å². The molecule has 0 amide bonds. The van der Waals surface area contributed by atoms with Gasteiger partial charge in [0.2, 0.25) is 0 Å². The number of aromatic nitrogens is 1. The molecule has 15 heavy (non-hydrogen) atoms. The van der Waals surface area contributed by atoms with Gasteiger partial charge in [0.05, 0.1) is 11.9 Å². The van der Waals surface area contributed by atoms with Crippen LogP contribution in [0, 0.1) is 5.92 Å². The third kappa shape index (κ3) is 2.26. The Bertz CT molecular complexity index is 372. The largest absolute Gasteiger partial charge is 0.389 e. The van der Waals surface area contributed by atoms with E-state index in [-0.39, 0.29) is 0 Å². The van der Waals surface area contributed by atoms with E-state index in [1.165, 1.54) is 12.8 Å². The summed E-state index contributed by atoms with van der Waals surface area (Å²) in [5, 5.41) is 3.43. The van der Waals surface area contributed by atoms with Gasteiger partial charge >= 0.3 is 0 Å². The lowest BCUT2D eigenvalue weighted by Crippen LogP contribution is -2.34.